The highest BCUT2D eigenvalue weighted by Gasteiger charge is 2.08. The molecule has 0 aliphatic rings. The van der Waals surface area contributed by atoms with Crippen LogP contribution >= 0.6 is 15.9 Å². The van der Waals surface area contributed by atoms with Crippen molar-refractivity contribution in [3.8, 4) is 5.75 Å². The minimum atomic E-state index is -0.602. The third kappa shape index (κ3) is 5.57. The number of amides is 1. The van der Waals surface area contributed by atoms with Gasteiger partial charge in [-0.1, -0.05) is 34.1 Å². The molecule has 0 aliphatic heterocycles. The molecule has 1 amide bonds. The van der Waals surface area contributed by atoms with Gasteiger partial charge >= 0.3 is 5.97 Å². The fourth-order valence-corrected chi connectivity index (χ4v) is 1.84. The molecular weight excluding hydrogens is 350 g/mol. The number of hydrogen-bond donors (Lipinski definition) is 1. The highest BCUT2D eigenvalue weighted by atomic mass is 79.9. The first-order valence-electron chi connectivity index (χ1n) is 6.52. The Labute approximate surface area is 136 Å². The predicted octanol–water partition coefficient (Wildman–Crippen LogP) is 3.01. The molecule has 0 atom stereocenters. The summed E-state index contributed by atoms with van der Waals surface area (Å²) >= 11 is 3.30. The van der Waals surface area contributed by atoms with Gasteiger partial charge in [0, 0.05) is 10.2 Å². The summed E-state index contributed by atoms with van der Waals surface area (Å²) in [7, 11) is 0. The van der Waals surface area contributed by atoms with Gasteiger partial charge in [-0.25, -0.2) is 4.79 Å². The molecule has 5 nitrogen and oxygen atoms in total. The standard InChI is InChI=1S/C16H14BrNO4/c17-12-6-8-13(9-7-12)18-15(19)10-22-16(20)11-21-14-4-2-1-3-5-14/h1-9H,10-11H2,(H,18,19). The zero-order chi connectivity index (χ0) is 15.8. The quantitative estimate of drug-likeness (QED) is 0.801. The predicted molar refractivity (Wildman–Crippen MR) is 85.7 cm³/mol. The van der Waals surface area contributed by atoms with Crippen molar-refractivity contribution in [2.24, 2.45) is 0 Å². The van der Waals surface area contributed by atoms with Crippen LogP contribution in [0.2, 0.25) is 0 Å². The molecule has 0 unspecified atom stereocenters. The maximum absolute atomic E-state index is 11.6. The molecule has 2 aromatic carbocycles. The maximum Gasteiger partial charge on any atom is 0.344 e. The van der Waals surface area contributed by atoms with Gasteiger partial charge in [0.2, 0.25) is 0 Å². The van der Waals surface area contributed by atoms with Crippen LogP contribution in [0, 0.1) is 0 Å². The summed E-state index contributed by atoms with van der Waals surface area (Å²) in [6.45, 7) is -0.595. The molecule has 2 rings (SSSR count). The van der Waals surface area contributed by atoms with Crippen LogP contribution in [-0.4, -0.2) is 25.1 Å². The monoisotopic (exact) mass is 363 g/mol. The van der Waals surface area contributed by atoms with E-state index in [2.05, 4.69) is 21.2 Å². The lowest BCUT2D eigenvalue weighted by Crippen LogP contribution is -2.23. The largest absolute Gasteiger partial charge is 0.482 e. The second-order valence-electron chi connectivity index (χ2n) is 4.32. The number of ether oxygens (including phenoxy) is 2. The van der Waals surface area contributed by atoms with Gasteiger partial charge in [0.25, 0.3) is 5.91 Å². The van der Waals surface area contributed by atoms with Crippen LogP contribution in [0.4, 0.5) is 5.69 Å². The van der Waals surface area contributed by atoms with Crippen molar-refractivity contribution in [3.63, 3.8) is 0 Å². The van der Waals surface area contributed by atoms with E-state index in [4.69, 9.17) is 9.47 Å². The molecular formula is C16H14BrNO4. The summed E-state index contributed by atoms with van der Waals surface area (Å²) in [5.74, 6) is -0.441. The third-order valence-electron chi connectivity index (χ3n) is 2.59. The van der Waals surface area contributed by atoms with Crippen molar-refractivity contribution < 1.29 is 19.1 Å². The van der Waals surface area contributed by atoms with Crippen molar-refractivity contribution in [1.82, 2.24) is 0 Å². The van der Waals surface area contributed by atoms with Gasteiger partial charge in [0.05, 0.1) is 0 Å². The van der Waals surface area contributed by atoms with Crippen LogP contribution in [0.3, 0.4) is 0 Å². The number of para-hydroxylation sites is 1. The topological polar surface area (TPSA) is 64.6 Å². The Balaban J connectivity index is 1.69. The fraction of sp³-hybridized carbons (Fsp3) is 0.125. The molecule has 0 aromatic heterocycles. The van der Waals surface area contributed by atoms with Crippen LogP contribution in [0.15, 0.2) is 59.1 Å². The Morgan fingerprint density at radius 2 is 1.64 bits per heavy atom. The summed E-state index contributed by atoms with van der Waals surface area (Å²) in [4.78, 5) is 23.1. The first kappa shape index (κ1) is 16.0. The first-order chi connectivity index (χ1) is 10.6. The average molecular weight is 364 g/mol. The minimum absolute atomic E-state index is 0.240. The summed E-state index contributed by atoms with van der Waals surface area (Å²) in [5.41, 5.74) is 0.629. The lowest BCUT2D eigenvalue weighted by molar-refractivity contribution is -0.149. The van der Waals surface area contributed by atoms with Crippen LogP contribution < -0.4 is 10.1 Å². The number of carbonyl (C=O) groups excluding carboxylic acids is 2. The molecule has 114 valence electrons. The highest BCUT2D eigenvalue weighted by molar-refractivity contribution is 9.10. The molecule has 2 aromatic rings. The van der Waals surface area contributed by atoms with Crippen LogP contribution in [0.25, 0.3) is 0 Å². The summed E-state index contributed by atoms with van der Waals surface area (Å²) < 4.78 is 11.0. The number of rotatable bonds is 6. The van der Waals surface area contributed by atoms with Gasteiger partial charge in [0.1, 0.15) is 5.75 Å². The second-order valence-corrected chi connectivity index (χ2v) is 5.23. The summed E-state index contributed by atoms with van der Waals surface area (Å²) in [6.07, 6.45) is 0. The molecule has 1 N–H and O–H groups in total. The number of halogens is 1. The fourth-order valence-electron chi connectivity index (χ4n) is 1.58. The maximum atomic E-state index is 11.6. The lowest BCUT2D eigenvalue weighted by atomic mass is 10.3. The van der Waals surface area contributed by atoms with E-state index in [0.29, 0.717) is 11.4 Å². The molecule has 0 aliphatic carbocycles. The van der Waals surface area contributed by atoms with E-state index in [-0.39, 0.29) is 13.2 Å². The zero-order valence-corrected chi connectivity index (χ0v) is 13.2. The lowest BCUT2D eigenvalue weighted by Gasteiger charge is -2.08. The van der Waals surface area contributed by atoms with Crippen molar-refractivity contribution >= 4 is 33.5 Å². The van der Waals surface area contributed by atoms with Crippen molar-refractivity contribution in [3.05, 3.63) is 59.1 Å². The molecule has 0 radical (unpaired) electrons. The zero-order valence-electron chi connectivity index (χ0n) is 11.6. The van der Waals surface area contributed by atoms with Gasteiger partial charge in [-0.3, -0.25) is 4.79 Å². The molecule has 0 fully saturated rings. The van der Waals surface area contributed by atoms with Gasteiger partial charge in [-0.15, -0.1) is 0 Å². The Morgan fingerprint density at radius 1 is 0.955 bits per heavy atom. The SMILES string of the molecule is O=C(COC(=O)COc1ccccc1)Nc1ccc(Br)cc1. The van der Waals surface area contributed by atoms with Gasteiger partial charge in [-0.05, 0) is 36.4 Å². The summed E-state index contributed by atoms with van der Waals surface area (Å²) in [5, 5.41) is 2.62. The van der Waals surface area contributed by atoms with E-state index in [1.54, 1.807) is 48.5 Å². The molecule has 0 bridgehead atoms. The van der Waals surface area contributed by atoms with E-state index in [9.17, 15) is 9.59 Å². The van der Waals surface area contributed by atoms with Crippen LogP contribution in [-0.2, 0) is 14.3 Å². The second kappa shape index (κ2) is 8.19. The molecule has 0 spiro atoms. The van der Waals surface area contributed by atoms with E-state index in [1.807, 2.05) is 6.07 Å². The minimum Gasteiger partial charge on any atom is -0.482 e. The van der Waals surface area contributed by atoms with E-state index in [1.165, 1.54) is 0 Å². The van der Waals surface area contributed by atoms with Gasteiger partial charge in [-0.2, -0.15) is 0 Å². The number of nitrogens with one attached hydrogen (secondary N) is 1. The molecule has 0 saturated heterocycles. The Kier molecular flexibility index (Phi) is 5.97. The number of benzene rings is 2. The Bertz CT molecular complexity index is 628. The Hall–Kier alpha value is -2.34. The molecule has 6 heteroatoms. The van der Waals surface area contributed by atoms with E-state index in [0.717, 1.165) is 4.47 Å². The number of anilines is 1. The highest BCUT2D eigenvalue weighted by Crippen LogP contribution is 2.14. The van der Waals surface area contributed by atoms with Crippen molar-refractivity contribution in [2.45, 2.75) is 0 Å². The molecule has 0 heterocycles. The van der Waals surface area contributed by atoms with Gasteiger partial charge in [0.15, 0.2) is 13.2 Å². The van der Waals surface area contributed by atoms with E-state index >= 15 is 0 Å². The van der Waals surface area contributed by atoms with Crippen LogP contribution in [0.1, 0.15) is 0 Å². The number of esters is 1. The first-order valence-corrected chi connectivity index (χ1v) is 7.31. The average Bonchev–Trinajstić information content (AvgIpc) is 2.54. The smallest absolute Gasteiger partial charge is 0.344 e. The molecule has 0 saturated carbocycles. The third-order valence-corrected chi connectivity index (χ3v) is 3.12. The normalized spacial score (nSPS) is 9.86. The van der Waals surface area contributed by atoms with Gasteiger partial charge < -0.3 is 14.8 Å². The Morgan fingerprint density at radius 3 is 2.32 bits per heavy atom. The molecule has 22 heavy (non-hydrogen) atoms. The number of carbonyl (C=O) groups is 2. The van der Waals surface area contributed by atoms with Crippen molar-refractivity contribution in [2.75, 3.05) is 18.5 Å². The van der Waals surface area contributed by atoms with E-state index < -0.39 is 11.9 Å². The summed E-state index contributed by atoms with van der Waals surface area (Å²) in [6, 6.07) is 16.0. The number of hydrogen-bond acceptors (Lipinski definition) is 4. The van der Waals surface area contributed by atoms with Crippen molar-refractivity contribution in [1.29, 1.82) is 0 Å². The van der Waals surface area contributed by atoms with Crippen LogP contribution in [0.5, 0.6) is 5.75 Å².